The van der Waals surface area contributed by atoms with E-state index in [-0.39, 0.29) is 15.8 Å². The highest BCUT2D eigenvalue weighted by Gasteiger charge is 2.37. The predicted octanol–water partition coefficient (Wildman–Crippen LogP) is 1.64. The fraction of sp³-hybridized carbons (Fsp3) is 0.615. The molecule has 0 N–H and O–H groups in total. The highest BCUT2D eigenvalue weighted by atomic mass is 32.2. The average molecular weight is 333 g/mol. The van der Waals surface area contributed by atoms with Crippen LogP contribution < -0.4 is 0 Å². The summed E-state index contributed by atoms with van der Waals surface area (Å²) in [5.41, 5.74) is 0.571. The van der Waals surface area contributed by atoms with Crippen molar-refractivity contribution in [2.45, 2.75) is 31.2 Å². The fourth-order valence-corrected chi connectivity index (χ4v) is 5.71. The summed E-state index contributed by atoms with van der Waals surface area (Å²) in [7, 11) is -2.49. The van der Waals surface area contributed by atoms with E-state index in [0.29, 0.717) is 31.7 Å². The van der Waals surface area contributed by atoms with Crippen LogP contribution in [-0.2, 0) is 19.5 Å². The van der Waals surface area contributed by atoms with E-state index >= 15 is 0 Å². The van der Waals surface area contributed by atoms with E-state index in [4.69, 9.17) is 4.74 Å². The van der Waals surface area contributed by atoms with Crippen molar-refractivity contribution in [3.05, 3.63) is 15.8 Å². The molecule has 1 atom stereocenters. The SMILES string of the molecule is CCC1COCCN1S(=O)(=O)c1c(C)csc1C(=O)OC. The van der Waals surface area contributed by atoms with Crippen molar-refractivity contribution in [2.24, 2.45) is 0 Å². The maximum atomic E-state index is 12.9. The smallest absolute Gasteiger partial charge is 0.349 e. The number of thiophene rings is 1. The molecule has 1 saturated heterocycles. The predicted molar refractivity (Wildman–Crippen MR) is 79.2 cm³/mol. The topological polar surface area (TPSA) is 72.9 Å². The number of hydrogen-bond donors (Lipinski definition) is 0. The standard InChI is InChI=1S/C13H19NO5S2/c1-4-10-7-19-6-5-14(10)21(16,17)12-9(2)8-20-11(12)13(15)18-3/h8,10H,4-7H2,1-3H3. The normalized spacial score (nSPS) is 20.4. The van der Waals surface area contributed by atoms with Gasteiger partial charge in [0.25, 0.3) is 0 Å². The molecule has 1 unspecified atom stereocenters. The summed E-state index contributed by atoms with van der Waals surface area (Å²) < 4.78 is 37.4. The van der Waals surface area contributed by atoms with E-state index in [0.717, 1.165) is 11.3 Å². The molecule has 0 saturated carbocycles. The first-order valence-electron chi connectivity index (χ1n) is 6.69. The molecule has 2 rings (SSSR count). The van der Waals surface area contributed by atoms with Gasteiger partial charge in [-0.25, -0.2) is 13.2 Å². The van der Waals surface area contributed by atoms with Gasteiger partial charge in [0.2, 0.25) is 10.0 Å². The Morgan fingerprint density at radius 2 is 2.29 bits per heavy atom. The van der Waals surface area contributed by atoms with Gasteiger partial charge in [-0.2, -0.15) is 4.31 Å². The Kier molecular flexibility index (Phi) is 5.03. The Morgan fingerprint density at radius 3 is 2.90 bits per heavy atom. The highest BCUT2D eigenvalue weighted by Crippen LogP contribution is 2.32. The summed E-state index contributed by atoms with van der Waals surface area (Å²) in [6.07, 6.45) is 0.663. The van der Waals surface area contributed by atoms with Crippen molar-refractivity contribution >= 4 is 27.3 Å². The average Bonchev–Trinajstić information content (AvgIpc) is 2.88. The second kappa shape index (κ2) is 6.43. The monoisotopic (exact) mass is 333 g/mol. The zero-order valence-electron chi connectivity index (χ0n) is 12.3. The Balaban J connectivity index is 2.48. The van der Waals surface area contributed by atoms with Gasteiger partial charge >= 0.3 is 5.97 Å². The van der Waals surface area contributed by atoms with Crippen LogP contribution in [0.1, 0.15) is 28.6 Å². The molecule has 0 radical (unpaired) electrons. The van der Waals surface area contributed by atoms with Gasteiger partial charge in [0.1, 0.15) is 9.77 Å². The molecule has 0 amide bonds. The van der Waals surface area contributed by atoms with Gasteiger partial charge in [-0.1, -0.05) is 6.92 Å². The van der Waals surface area contributed by atoms with Crippen molar-refractivity contribution in [1.29, 1.82) is 0 Å². The number of esters is 1. The molecule has 0 bridgehead atoms. The molecule has 2 heterocycles. The van der Waals surface area contributed by atoms with Crippen molar-refractivity contribution in [3.63, 3.8) is 0 Å². The van der Waals surface area contributed by atoms with Gasteiger partial charge in [0.05, 0.1) is 20.3 Å². The molecule has 0 aliphatic carbocycles. The first-order chi connectivity index (χ1) is 9.93. The van der Waals surface area contributed by atoms with E-state index < -0.39 is 16.0 Å². The van der Waals surface area contributed by atoms with Crippen molar-refractivity contribution < 1.29 is 22.7 Å². The quantitative estimate of drug-likeness (QED) is 0.783. The van der Waals surface area contributed by atoms with Crippen LogP contribution >= 0.6 is 11.3 Å². The number of carbonyl (C=O) groups excluding carboxylic acids is 1. The lowest BCUT2D eigenvalue weighted by Crippen LogP contribution is -2.48. The van der Waals surface area contributed by atoms with Crippen LogP contribution in [0.3, 0.4) is 0 Å². The lowest BCUT2D eigenvalue weighted by atomic mass is 10.2. The molecule has 1 aromatic heterocycles. The van der Waals surface area contributed by atoms with Gasteiger partial charge in [-0.15, -0.1) is 11.3 Å². The molecule has 0 spiro atoms. The van der Waals surface area contributed by atoms with Gasteiger partial charge < -0.3 is 9.47 Å². The Morgan fingerprint density at radius 1 is 1.57 bits per heavy atom. The number of rotatable bonds is 4. The molecule has 6 nitrogen and oxygen atoms in total. The zero-order valence-corrected chi connectivity index (χ0v) is 13.9. The molecule has 1 aliphatic heterocycles. The number of methoxy groups -OCH3 is 1. The molecule has 21 heavy (non-hydrogen) atoms. The molecule has 1 aromatic rings. The van der Waals surface area contributed by atoms with E-state index in [2.05, 4.69) is 4.74 Å². The molecule has 118 valence electrons. The molecule has 1 aliphatic rings. The second-order valence-corrected chi connectivity index (χ2v) is 7.53. The molecule has 0 aromatic carbocycles. The van der Waals surface area contributed by atoms with Crippen molar-refractivity contribution in [2.75, 3.05) is 26.9 Å². The van der Waals surface area contributed by atoms with Crippen LogP contribution in [-0.4, -0.2) is 51.6 Å². The third-order valence-corrected chi connectivity index (χ3v) is 6.85. The summed E-state index contributed by atoms with van der Waals surface area (Å²) in [6.45, 7) is 4.66. The summed E-state index contributed by atoms with van der Waals surface area (Å²) >= 11 is 1.10. The van der Waals surface area contributed by atoms with Crippen molar-refractivity contribution in [1.82, 2.24) is 4.31 Å². The number of nitrogens with zero attached hydrogens (tertiary/aromatic N) is 1. The summed E-state index contributed by atoms with van der Waals surface area (Å²) in [4.78, 5) is 12.0. The van der Waals surface area contributed by atoms with Crippen LogP contribution in [0.2, 0.25) is 0 Å². The third kappa shape index (κ3) is 2.98. The minimum absolute atomic E-state index is 0.0692. The highest BCUT2D eigenvalue weighted by molar-refractivity contribution is 7.89. The van der Waals surface area contributed by atoms with Gasteiger partial charge in [0, 0.05) is 12.6 Å². The molecular formula is C13H19NO5S2. The molecule has 1 fully saturated rings. The van der Waals surface area contributed by atoms with Gasteiger partial charge in [-0.05, 0) is 24.3 Å². The lowest BCUT2D eigenvalue weighted by Gasteiger charge is -2.34. The Bertz CT molecular complexity index is 623. The van der Waals surface area contributed by atoms with E-state index in [9.17, 15) is 13.2 Å². The van der Waals surface area contributed by atoms with Crippen molar-refractivity contribution in [3.8, 4) is 0 Å². The van der Waals surface area contributed by atoms with Crippen LogP contribution in [0.5, 0.6) is 0 Å². The van der Waals surface area contributed by atoms with Crippen LogP contribution in [0.15, 0.2) is 10.3 Å². The van der Waals surface area contributed by atoms with E-state index in [1.54, 1.807) is 12.3 Å². The number of carbonyl (C=O) groups is 1. The maximum Gasteiger partial charge on any atom is 0.349 e. The number of ether oxygens (including phenoxy) is 2. The van der Waals surface area contributed by atoms with Gasteiger partial charge in [-0.3, -0.25) is 0 Å². The van der Waals surface area contributed by atoms with Crippen LogP contribution in [0.25, 0.3) is 0 Å². The zero-order chi connectivity index (χ0) is 15.6. The number of morpholine rings is 1. The number of aryl methyl sites for hydroxylation is 1. The number of sulfonamides is 1. The summed E-state index contributed by atoms with van der Waals surface area (Å²) in [5, 5.41) is 1.67. The largest absolute Gasteiger partial charge is 0.465 e. The van der Waals surface area contributed by atoms with E-state index in [1.165, 1.54) is 11.4 Å². The molecule has 8 heteroatoms. The first kappa shape index (κ1) is 16.4. The third-order valence-electron chi connectivity index (χ3n) is 3.50. The summed E-state index contributed by atoms with van der Waals surface area (Å²) in [6, 6.07) is -0.200. The van der Waals surface area contributed by atoms with Crippen LogP contribution in [0, 0.1) is 6.92 Å². The number of hydrogen-bond acceptors (Lipinski definition) is 6. The Labute approximate surface area is 128 Å². The van der Waals surface area contributed by atoms with E-state index in [1.807, 2.05) is 6.92 Å². The van der Waals surface area contributed by atoms with Gasteiger partial charge in [0.15, 0.2) is 0 Å². The minimum Gasteiger partial charge on any atom is -0.465 e. The Hall–Kier alpha value is -0.960. The first-order valence-corrected chi connectivity index (χ1v) is 9.01. The fourth-order valence-electron chi connectivity index (χ4n) is 2.38. The molecular weight excluding hydrogens is 314 g/mol. The van der Waals surface area contributed by atoms with Crippen LogP contribution in [0.4, 0.5) is 0 Å². The minimum atomic E-state index is -3.73. The summed E-state index contributed by atoms with van der Waals surface area (Å²) in [5.74, 6) is -0.618. The lowest BCUT2D eigenvalue weighted by molar-refractivity contribution is 0.0313. The maximum absolute atomic E-state index is 12.9. The second-order valence-electron chi connectivity index (χ2n) is 4.82.